The van der Waals surface area contributed by atoms with Gasteiger partial charge in [0.25, 0.3) is 11.8 Å². The third kappa shape index (κ3) is 6.31. The Bertz CT molecular complexity index is 806. The fourth-order valence-electron chi connectivity index (χ4n) is 2.32. The quantitative estimate of drug-likeness (QED) is 0.517. The van der Waals surface area contributed by atoms with Crippen LogP contribution in [0.25, 0.3) is 0 Å². The number of hydrogen-bond donors (Lipinski definition) is 4. The third-order valence-corrected chi connectivity index (χ3v) is 4.05. The van der Waals surface area contributed by atoms with Gasteiger partial charge in [0.15, 0.2) is 0 Å². The number of aliphatic carboxylic acids is 1. The largest absolute Gasteiger partial charge is 0.508 e. The average Bonchev–Trinajstić information content (AvgIpc) is 2.64. The van der Waals surface area contributed by atoms with Crippen LogP contribution in [0.3, 0.4) is 0 Å². The molecular weight excluding hydrogens is 372 g/mol. The van der Waals surface area contributed by atoms with E-state index in [9.17, 15) is 24.6 Å². The van der Waals surface area contributed by atoms with Crippen molar-refractivity contribution in [2.45, 2.75) is 18.9 Å². The lowest BCUT2D eigenvalue weighted by Gasteiger charge is -2.15. The molecule has 2 aromatic rings. The van der Waals surface area contributed by atoms with E-state index in [-0.39, 0.29) is 24.6 Å². The van der Waals surface area contributed by atoms with Crippen molar-refractivity contribution in [1.82, 2.24) is 10.6 Å². The predicted octanol–water partition coefficient (Wildman–Crippen LogP) is 2.44. The standard InChI is InChI=1S/C19H19ClN2O5/c20-14-7-3-13(4-8-14)18(25)22-16(19(26)27)2-1-11-21-17(24)12-5-9-15(23)10-6-12/h3-10,16,23H,1-2,11H2,(H,21,24)(H,22,25)(H,26,27)/t16-/m0/s1. The number of carbonyl (C=O) groups is 3. The van der Waals surface area contributed by atoms with E-state index in [1.165, 1.54) is 36.4 Å². The number of benzene rings is 2. The topological polar surface area (TPSA) is 116 Å². The van der Waals surface area contributed by atoms with Crippen molar-refractivity contribution in [2.24, 2.45) is 0 Å². The van der Waals surface area contributed by atoms with Gasteiger partial charge in [-0.05, 0) is 61.4 Å². The van der Waals surface area contributed by atoms with E-state index in [1.54, 1.807) is 12.1 Å². The zero-order valence-electron chi connectivity index (χ0n) is 14.3. The first-order chi connectivity index (χ1) is 12.9. The minimum Gasteiger partial charge on any atom is -0.508 e. The van der Waals surface area contributed by atoms with Crippen molar-refractivity contribution in [2.75, 3.05) is 6.54 Å². The van der Waals surface area contributed by atoms with E-state index in [4.69, 9.17) is 11.6 Å². The summed E-state index contributed by atoms with van der Waals surface area (Å²) >= 11 is 5.76. The molecule has 0 heterocycles. The molecule has 142 valence electrons. The Morgan fingerprint density at radius 3 is 2.07 bits per heavy atom. The molecule has 0 fully saturated rings. The zero-order valence-corrected chi connectivity index (χ0v) is 15.1. The van der Waals surface area contributed by atoms with Gasteiger partial charge in [0.2, 0.25) is 0 Å². The van der Waals surface area contributed by atoms with Crippen molar-refractivity contribution >= 4 is 29.4 Å². The molecule has 0 radical (unpaired) electrons. The summed E-state index contributed by atoms with van der Waals surface area (Å²) in [5.41, 5.74) is 0.699. The number of nitrogens with one attached hydrogen (secondary N) is 2. The summed E-state index contributed by atoms with van der Waals surface area (Å²) in [7, 11) is 0. The maximum Gasteiger partial charge on any atom is 0.326 e. The Morgan fingerprint density at radius 2 is 1.48 bits per heavy atom. The Labute approximate surface area is 161 Å². The molecule has 0 aromatic heterocycles. The summed E-state index contributed by atoms with van der Waals surface area (Å²) in [5, 5.41) is 24.1. The van der Waals surface area contributed by atoms with Crippen LogP contribution in [0, 0.1) is 0 Å². The van der Waals surface area contributed by atoms with E-state index < -0.39 is 17.9 Å². The van der Waals surface area contributed by atoms with Crippen LogP contribution in [0.15, 0.2) is 48.5 Å². The van der Waals surface area contributed by atoms with Gasteiger partial charge in [0.05, 0.1) is 0 Å². The minimum absolute atomic E-state index is 0.0623. The SMILES string of the molecule is O=C(NCCC[C@H](NC(=O)c1ccc(Cl)cc1)C(=O)O)c1ccc(O)cc1. The molecule has 7 nitrogen and oxygen atoms in total. The molecule has 2 rings (SSSR count). The molecule has 27 heavy (non-hydrogen) atoms. The second kappa shape index (κ2) is 9.59. The fraction of sp³-hybridized carbons (Fsp3) is 0.211. The molecule has 1 atom stereocenters. The first-order valence-corrected chi connectivity index (χ1v) is 8.61. The normalized spacial score (nSPS) is 11.4. The number of phenolic OH excluding ortho intramolecular Hbond substituents is 1. The highest BCUT2D eigenvalue weighted by atomic mass is 35.5. The highest BCUT2D eigenvalue weighted by Crippen LogP contribution is 2.11. The number of phenols is 1. The van der Waals surface area contributed by atoms with Crippen LogP contribution in [0.2, 0.25) is 5.02 Å². The maximum atomic E-state index is 12.1. The molecule has 0 saturated heterocycles. The lowest BCUT2D eigenvalue weighted by molar-refractivity contribution is -0.139. The molecule has 2 aromatic carbocycles. The minimum atomic E-state index is -1.15. The molecule has 2 amide bonds. The van der Waals surface area contributed by atoms with Crippen LogP contribution in [0.4, 0.5) is 0 Å². The number of rotatable bonds is 8. The first-order valence-electron chi connectivity index (χ1n) is 8.23. The Balaban J connectivity index is 1.81. The summed E-state index contributed by atoms with van der Waals surface area (Å²) in [5.74, 6) is -1.92. The molecule has 0 saturated carbocycles. The second-order valence-corrected chi connectivity index (χ2v) is 6.25. The lowest BCUT2D eigenvalue weighted by Crippen LogP contribution is -2.41. The summed E-state index contributed by atoms with van der Waals surface area (Å²) in [4.78, 5) is 35.4. The number of carboxylic acid groups (broad SMARTS) is 1. The van der Waals surface area contributed by atoms with E-state index in [1.807, 2.05) is 0 Å². The summed E-state index contributed by atoms with van der Waals surface area (Å²) in [6, 6.07) is 10.8. The van der Waals surface area contributed by atoms with Crippen LogP contribution in [0.5, 0.6) is 5.75 Å². The molecule has 0 spiro atoms. The Kier molecular flexibility index (Phi) is 7.19. The highest BCUT2D eigenvalue weighted by molar-refractivity contribution is 6.30. The van der Waals surface area contributed by atoms with Gasteiger partial charge in [0.1, 0.15) is 11.8 Å². The van der Waals surface area contributed by atoms with Gasteiger partial charge in [-0.3, -0.25) is 9.59 Å². The first kappa shape index (κ1) is 20.3. The Morgan fingerprint density at radius 1 is 0.926 bits per heavy atom. The molecule has 8 heteroatoms. The van der Waals surface area contributed by atoms with Gasteiger partial charge >= 0.3 is 5.97 Å². The van der Waals surface area contributed by atoms with Gasteiger partial charge in [-0.1, -0.05) is 11.6 Å². The van der Waals surface area contributed by atoms with Gasteiger partial charge in [-0.25, -0.2) is 4.79 Å². The summed E-state index contributed by atoms with van der Waals surface area (Å²) < 4.78 is 0. The van der Waals surface area contributed by atoms with Crippen molar-refractivity contribution < 1.29 is 24.6 Å². The number of amides is 2. The smallest absolute Gasteiger partial charge is 0.326 e. The van der Waals surface area contributed by atoms with Gasteiger partial charge in [0, 0.05) is 22.7 Å². The number of aromatic hydroxyl groups is 1. The Hall–Kier alpha value is -3.06. The number of carbonyl (C=O) groups excluding carboxylic acids is 2. The predicted molar refractivity (Wildman–Crippen MR) is 100 cm³/mol. The van der Waals surface area contributed by atoms with E-state index in [0.29, 0.717) is 22.6 Å². The molecule has 0 aliphatic carbocycles. The van der Waals surface area contributed by atoms with Crippen molar-refractivity contribution in [1.29, 1.82) is 0 Å². The van der Waals surface area contributed by atoms with Crippen LogP contribution in [-0.2, 0) is 4.79 Å². The van der Waals surface area contributed by atoms with E-state index in [0.717, 1.165) is 0 Å². The van der Waals surface area contributed by atoms with Gasteiger partial charge < -0.3 is 20.8 Å². The lowest BCUT2D eigenvalue weighted by atomic mass is 10.1. The maximum absolute atomic E-state index is 12.1. The van der Waals surface area contributed by atoms with E-state index in [2.05, 4.69) is 10.6 Å². The molecule has 0 bridgehead atoms. The van der Waals surface area contributed by atoms with Crippen molar-refractivity contribution in [3.05, 3.63) is 64.7 Å². The van der Waals surface area contributed by atoms with Crippen molar-refractivity contribution in [3.63, 3.8) is 0 Å². The zero-order chi connectivity index (χ0) is 19.8. The third-order valence-electron chi connectivity index (χ3n) is 3.79. The second-order valence-electron chi connectivity index (χ2n) is 5.82. The molecule has 0 unspecified atom stereocenters. The monoisotopic (exact) mass is 390 g/mol. The van der Waals surface area contributed by atoms with E-state index >= 15 is 0 Å². The average molecular weight is 391 g/mol. The van der Waals surface area contributed by atoms with Crippen LogP contribution in [0.1, 0.15) is 33.6 Å². The van der Waals surface area contributed by atoms with Crippen LogP contribution < -0.4 is 10.6 Å². The molecular formula is C19H19ClN2O5. The molecule has 0 aliphatic heterocycles. The van der Waals surface area contributed by atoms with Crippen molar-refractivity contribution in [3.8, 4) is 5.75 Å². The van der Waals surface area contributed by atoms with Gasteiger partial charge in [-0.15, -0.1) is 0 Å². The van der Waals surface area contributed by atoms with Gasteiger partial charge in [-0.2, -0.15) is 0 Å². The van der Waals surface area contributed by atoms with Crippen LogP contribution >= 0.6 is 11.6 Å². The summed E-state index contributed by atoms with van der Waals surface area (Å²) in [6.45, 7) is 0.250. The molecule has 0 aliphatic rings. The fourth-order valence-corrected chi connectivity index (χ4v) is 2.45. The number of hydrogen-bond acceptors (Lipinski definition) is 4. The molecule has 4 N–H and O–H groups in total. The number of carboxylic acids is 1. The van der Waals surface area contributed by atoms with Crippen LogP contribution in [-0.4, -0.2) is 40.6 Å². The summed E-state index contributed by atoms with van der Waals surface area (Å²) in [6.07, 6.45) is 0.520. The number of halogens is 1. The highest BCUT2D eigenvalue weighted by Gasteiger charge is 2.20.